The number of hydrogen-bond acceptors (Lipinski definition) is 4. The predicted molar refractivity (Wildman–Crippen MR) is 66.9 cm³/mol. The summed E-state index contributed by atoms with van der Waals surface area (Å²) in [5, 5.41) is 0. The molecule has 0 heterocycles. The average molecular weight is 258 g/mol. The summed E-state index contributed by atoms with van der Waals surface area (Å²) in [5.74, 6) is 1.66. The molecule has 0 amide bonds. The fourth-order valence-electron chi connectivity index (χ4n) is 1.63. The lowest BCUT2D eigenvalue weighted by Crippen LogP contribution is -1.92. The molecule has 0 aromatic rings. The van der Waals surface area contributed by atoms with Gasteiger partial charge < -0.3 is 9.05 Å². The minimum Gasteiger partial charge on any atom is -0.306 e. The van der Waals surface area contributed by atoms with Crippen LogP contribution in [-0.2, 0) is 18.4 Å². The molecule has 0 fully saturated rings. The van der Waals surface area contributed by atoms with Crippen LogP contribution in [0.25, 0.3) is 0 Å². The topological polar surface area (TPSA) is 52.6 Å². The zero-order chi connectivity index (χ0) is 12.7. The number of hydrogen-bond donors (Lipinski definition) is 0. The molecule has 5 heteroatoms. The summed E-state index contributed by atoms with van der Waals surface area (Å²) in [6, 6.07) is 0. The van der Waals surface area contributed by atoms with Gasteiger partial charge in [-0.15, -0.1) is 0 Å². The maximum atomic E-state index is 12.0. The molecule has 0 saturated carbocycles. The Hall–Kier alpha value is -0.700. The lowest BCUT2D eigenvalue weighted by molar-refractivity contribution is -0.114. The number of carbonyl (C=O) groups is 1. The average Bonchev–Trinajstić information content (AvgIpc) is 2.65. The molecular formula is C12H19O4P. The highest BCUT2D eigenvalue weighted by Crippen LogP contribution is 2.49. The van der Waals surface area contributed by atoms with Crippen LogP contribution in [0.15, 0.2) is 23.5 Å². The van der Waals surface area contributed by atoms with Crippen molar-refractivity contribution < 1.29 is 18.4 Å². The van der Waals surface area contributed by atoms with Gasteiger partial charge in [-0.1, -0.05) is 11.6 Å². The second-order valence-electron chi connectivity index (χ2n) is 3.73. The second kappa shape index (κ2) is 6.90. The van der Waals surface area contributed by atoms with Gasteiger partial charge in [0.25, 0.3) is 0 Å². The van der Waals surface area contributed by atoms with E-state index in [4.69, 9.17) is 9.05 Å². The summed E-state index contributed by atoms with van der Waals surface area (Å²) < 4.78 is 22.3. The van der Waals surface area contributed by atoms with Gasteiger partial charge in [0.15, 0.2) is 5.78 Å². The van der Waals surface area contributed by atoms with E-state index in [1.54, 1.807) is 26.0 Å². The van der Waals surface area contributed by atoms with Gasteiger partial charge in [-0.05, 0) is 32.8 Å². The molecule has 0 bridgehead atoms. The summed E-state index contributed by atoms with van der Waals surface area (Å²) >= 11 is 0. The van der Waals surface area contributed by atoms with Crippen LogP contribution in [0.3, 0.4) is 0 Å². The molecule has 0 aromatic carbocycles. The van der Waals surface area contributed by atoms with E-state index >= 15 is 0 Å². The van der Waals surface area contributed by atoms with Crippen LogP contribution in [0.2, 0.25) is 0 Å². The van der Waals surface area contributed by atoms with E-state index in [-0.39, 0.29) is 5.78 Å². The first-order valence-corrected chi connectivity index (χ1v) is 7.49. The number of allylic oxidation sites excluding steroid dienone is 3. The molecule has 1 rings (SSSR count). The smallest absolute Gasteiger partial charge is 0.306 e. The second-order valence-corrected chi connectivity index (χ2v) is 5.63. The molecule has 96 valence electrons. The standard InChI is InChI=1S/C12H19O4P/c1-3-15-17(14,16-4-2)9-5-6-11-7-8-12(13)10-11/h5,9-10H,3-4,6-8H2,1-2H3/b9-5+. The van der Waals surface area contributed by atoms with E-state index < -0.39 is 7.60 Å². The van der Waals surface area contributed by atoms with Crippen molar-refractivity contribution >= 4 is 13.4 Å². The zero-order valence-electron chi connectivity index (χ0n) is 10.3. The first-order chi connectivity index (χ1) is 8.09. The molecule has 17 heavy (non-hydrogen) atoms. The van der Waals surface area contributed by atoms with Crippen LogP contribution in [0.4, 0.5) is 0 Å². The van der Waals surface area contributed by atoms with E-state index in [0.29, 0.717) is 26.1 Å². The fraction of sp³-hybridized carbons (Fsp3) is 0.583. The monoisotopic (exact) mass is 258 g/mol. The molecule has 0 spiro atoms. The Morgan fingerprint density at radius 1 is 1.29 bits per heavy atom. The van der Waals surface area contributed by atoms with E-state index in [2.05, 4.69) is 0 Å². The normalized spacial score (nSPS) is 16.8. The van der Waals surface area contributed by atoms with Gasteiger partial charge in [0.2, 0.25) is 0 Å². The first kappa shape index (κ1) is 14.4. The number of rotatable bonds is 7. The van der Waals surface area contributed by atoms with Crippen molar-refractivity contribution in [3.05, 3.63) is 23.5 Å². The van der Waals surface area contributed by atoms with E-state index in [1.165, 1.54) is 5.82 Å². The van der Waals surface area contributed by atoms with Gasteiger partial charge in [-0.2, -0.15) is 0 Å². The van der Waals surface area contributed by atoms with Crippen molar-refractivity contribution in [3.63, 3.8) is 0 Å². The number of carbonyl (C=O) groups excluding carboxylic acids is 1. The van der Waals surface area contributed by atoms with Crippen molar-refractivity contribution in [1.82, 2.24) is 0 Å². The third kappa shape index (κ3) is 4.99. The van der Waals surface area contributed by atoms with Crippen molar-refractivity contribution in [2.24, 2.45) is 0 Å². The summed E-state index contributed by atoms with van der Waals surface area (Å²) in [5.41, 5.74) is 1.07. The summed E-state index contributed by atoms with van der Waals surface area (Å²) in [7, 11) is -3.08. The fourth-order valence-corrected chi connectivity index (χ4v) is 2.96. The highest BCUT2D eigenvalue weighted by Gasteiger charge is 2.19. The Morgan fingerprint density at radius 2 is 1.94 bits per heavy atom. The molecule has 1 aliphatic rings. The summed E-state index contributed by atoms with van der Waals surface area (Å²) in [6.07, 6.45) is 5.46. The minimum absolute atomic E-state index is 0.172. The Morgan fingerprint density at radius 3 is 2.41 bits per heavy atom. The molecule has 0 N–H and O–H groups in total. The molecule has 0 unspecified atom stereocenters. The van der Waals surface area contributed by atoms with Crippen molar-refractivity contribution in [1.29, 1.82) is 0 Å². The lowest BCUT2D eigenvalue weighted by atomic mass is 10.2. The van der Waals surface area contributed by atoms with Crippen LogP contribution < -0.4 is 0 Å². The quantitative estimate of drug-likeness (QED) is 0.656. The van der Waals surface area contributed by atoms with Gasteiger partial charge in [-0.3, -0.25) is 9.36 Å². The summed E-state index contributed by atoms with van der Waals surface area (Å²) in [4.78, 5) is 11.0. The highest BCUT2D eigenvalue weighted by molar-refractivity contribution is 7.57. The van der Waals surface area contributed by atoms with Gasteiger partial charge >= 0.3 is 7.60 Å². The Kier molecular flexibility index (Phi) is 5.83. The van der Waals surface area contributed by atoms with E-state index in [0.717, 1.165) is 12.0 Å². The maximum absolute atomic E-state index is 12.0. The molecule has 0 atom stereocenters. The lowest BCUT2D eigenvalue weighted by Gasteiger charge is -2.12. The van der Waals surface area contributed by atoms with Gasteiger partial charge in [0.05, 0.1) is 13.2 Å². The Bertz CT molecular complexity index is 361. The Labute approximate surface area is 102 Å². The SMILES string of the molecule is CCOP(=O)(/C=C/CC1=CC(=O)CC1)OCC. The highest BCUT2D eigenvalue weighted by atomic mass is 31.2. The van der Waals surface area contributed by atoms with Crippen LogP contribution in [0, 0.1) is 0 Å². The molecule has 0 aromatic heterocycles. The third-order valence-corrected chi connectivity index (χ3v) is 4.16. The van der Waals surface area contributed by atoms with Crippen molar-refractivity contribution in [3.8, 4) is 0 Å². The van der Waals surface area contributed by atoms with Crippen LogP contribution in [0.1, 0.15) is 33.1 Å². The molecule has 0 saturated heterocycles. The first-order valence-electron chi connectivity index (χ1n) is 5.88. The molecular weight excluding hydrogens is 239 g/mol. The van der Waals surface area contributed by atoms with Crippen LogP contribution >= 0.6 is 7.60 Å². The van der Waals surface area contributed by atoms with Gasteiger partial charge in [0, 0.05) is 12.2 Å². The summed E-state index contributed by atoms with van der Waals surface area (Å²) in [6.45, 7) is 4.25. The van der Waals surface area contributed by atoms with Gasteiger partial charge in [-0.25, -0.2) is 0 Å². The van der Waals surface area contributed by atoms with E-state index in [1.807, 2.05) is 0 Å². The maximum Gasteiger partial charge on any atom is 0.353 e. The largest absolute Gasteiger partial charge is 0.353 e. The van der Waals surface area contributed by atoms with Crippen molar-refractivity contribution in [2.75, 3.05) is 13.2 Å². The Balaban J connectivity index is 2.52. The zero-order valence-corrected chi connectivity index (χ0v) is 11.2. The molecule has 0 aliphatic heterocycles. The van der Waals surface area contributed by atoms with Crippen molar-refractivity contribution in [2.45, 2.75) is 33.1 Å². The predicted octanol–water partition coefficient (Wildman–Crippen LogP) is 3.45. The van der Waals surface area contributed by atoms with Gasteiger partial charge in [0.1, 0.15) is 0 Å². The molecule has 4 nitrogen and oxygen atoms in total. The third-order valence-electron chi connectivity index (χ3n) is 2.34. The minimum atomic E-state index is -3.08. The molecule has 1 aliphatic carbocycles. The van der Waals surface area contributed by atoms with Crippen LogP contribution in [-0.4, -0.2) is 19.0 Å². The van der Waals surface area contributed by atoms with Crippen LogP contribution in [0.5, 0.6) is 0 Å². The van der Waals surface area contributed by atoms with E-state index in [9.17, 15) is 9.36 Å². The number of ketones is 1. The molecule has 0 radical (unpaired) electrons.